The van der Waals surface area contributed by atoms with Crippen LogP contribution in [0.4, 0.5) is 5.69 Å². The van der Waals surface area contributed by atoms with Crippen LogP contribution in [0.2, 0.25) is 0 Å². The first kappa shape index (κ1) is 16.2. The summed E-state index contributed by atoms with van der Waals surface area (Å²) in [6, 6.07) is 6.00. The molecule has 1 aliphatic carbocycles. The summed E-state index contributed by atoms with van der Waals surface area (Å²) in [5, 5.41) is 23.0. The number of aliphatic hydroxyl groups excluding tert-OH is 1. The van der Waals surface area contributed by atoms with Crippen molar-refractivity contribution in [3.05, 3.63) is 46.0 Å². The minimum absolute atomic E-state index is 0.0254. The van der Waals surface area contributed by atoms with Crippen molar-refractivity contribution in [2.24, 2.45) is 5.92 Å². The van der Waals surface area contributed by atoms with Crippen LogP contribution in [0.15, 0.2) is 30.3 Å². The number of nitrogens with zero attached hydrogens (tertiary/aromatic N) is 1. The van der Waals surface area contributed by atoms with Crippen molar-refractivity contribution in [2.75, 3.05) is 6.54 Å². The fourth-order valence-electron chi connectivity index (χ4n) is 2.63. The van der Waals surface area contributed by atoms with Crippen LogP contribution in [0.3, 0.4) is 0 Å². The number of nitro benzene ring substituents is 1. The van der Waals surface area contributed by atoms with Crippen LogP contribution in [-0.2, 0) is 4.79 Å². The number of aliphatic hydroxyl groups is 1. The lowest BCUT2D eigenvalue weighted by atomic mass is 9.87. The Morgan fingerprint density at radius 2 is 2.09 bits per heavy atom. The van der Waals surface area contributed by atoms with Crippen LogP contribution in [0.5, 0.6) is 0 Å². The van der Waals surface area contributed by atoms with Crippen LogP contribution >= 0.6 is 0 Å². The second kappa shape index (κ2) is 7.70. The molecule has 0 bridgehead atoms. The molecule has 22 heavy (non-hydrogen) atoms. The molecule has 0 heterocycles. The van der Waals surface area contributed by atoms with E-state index in [2.05, 4.69) is 5.32 Å². The molecule has 1 aromatic rings. The molecule has 2 atom stereocenters. The summed E-state index contributed by atoms with van der Waals surface area (Å²) in [5.74, 6) is 0.138. The maximum Gasteiger partial charge on any atom is 0.269 e. The fraction of sp³-hybridized carbons (Fsp3) is 0.438. The Hall–Kier alpha value is -2.21. The molecule has 6 heteroatoms. The van der Waals surface area contributed by atoms with Crippen molar-refractivity contribution in [3.8, 4) is 0 Å². The lowest BCUT2D eigenvalue weighted by Gasteiger charge is -2.25. The Morgan fingerprint density at radius 1 is 1.36 bits per heavy atom. The molecule has 1 amide bonds. The normalized spacial score (nSPS) is 21.7. The molecule has 118 valence electrons. The van der Waals surface area contributed by atoms with Gasteiger partial charge in [0.1, 0.15) is 0 Å². The first-order valence-electron chi connectivity index (χ1n) is 7.43. The van der Waals surface area contributed by atoms with Gasteiger partial charge < -0.3 is 10.4 Å². The van der Waals surface area contributed by atoms with Crippen LogP contribution in [-0.4, -0.2) is 28.6 Å². The number of hydrogen-bond donors (Lipinski definition) is 2. The lowest BCUT2D eigenvalue weighted by molar-refractivity contribution is -0.384. The highest BCUT2D eigenvalue weighted by molar-refractivity contribution is 5.91. The van der Waals surface area contributed by atoms with Crippen LogP contribution in [0, 0.1) is 16.0 Å². The molecule has 0 saturated heterocycles. The Kier molecular flexibility index (Phi) is 5.66. The first-order valence-corrected chi connectivity index (χ1v) is 7.43. The number of amides is 1. The summed E-state index contributed by atoms with van der Waals surface area (Å²) in [6.07, 6.45) is 6.42. The standard InChI is InChI=1S/C16H20N2O4/c19-15-3-1-2-13(10-15)11-17-16(20)9-6-12-4-7-14(8-5-12)18(21)22/h4-9,13,15,19H,1-3,10-11H2,(H,17,20). The predicted molar refractivity (Wildman–Crippen MR) is 83.1 cm³/mol. The van der Waals surface area contributed by atoms with Crippen molar-refractivity contribution in [3.63, 3.8) is 0 Å². The van der Waals surface area contributed by atoms with Crippen LogP contribution in [0.1, 0.15) is 31.2 Å². The highest BCUT2D eigenvalue weighted by Crippen LogP contribution is 2.23. The number of nitrogens with one attached hydrogen (secondary N) is 1. The van der Waals surface area contributed by atoms with Gasteiger partial charge >= 0.3 is 0 Å². The van der Waals surface area contributed by atoms with Gasteiger partial charge in [-0.2, -0.15) is 0 Å². The average molecular weight is 304 g/mol. The van der Waals surface area contributed by atoms with Gasteiger partial charge in [0.05, 0.1) is 11.0 Å². The lowest BCUT2D eigenvalue weighted by Crippen LogP contribution is -2.32. The third kappa shape index (κ3) is 4.96. The monoisotopic (exact) mass is 304 g/mol. The van der Waals surface area contributed by atoms with Gasteiger partial charge in [0.25, 0.3) is 5.69 Å². The number of carbonyl (C=O) groups excluding carboxylic acids is 1. The van der Waals surface area contributed by atoms with Crippen LogP contribution in [0.25, 0.3) is 6.08 Å². The van der Waals surface area contributed by atoms with E-state index in [0.29, 0.717) is 12.5 Å². The molecular weight excluding hydrogens is 284 g/mol. The largest absolute Gasteiger partial charge is 0.393 e. The molecule has 0 aromatic heterocycles. The van der Waals surface area contributed by atoms with E-state index in [1.807, 2.05) is 0 Å². The summed E-state index contributed by atoms with van der Waals surface area (Å²) in [4.78, 5) is 21.8. The number of nitro groups is 1. The molecule has 1 aromatic carbocycles. The summed E-state index contributed by atoms with van der Waals surface area (Å²) in [6.45, 7) is 0.570. The van der Waals surface area contributed by atoms with E-state index in [9.17, 15) is 20.0 Å². The fourth-order valence-corrected chi connectivity index (χ4v) is 2.63. The number of hydrogen-bond acceptors (Lipinski definition) is 4. The molecule has 2 rings (SSSR count). The second-order valence-corrected chi connectivity index (χ2v) is 5.61. The molecule has 0 aliphatic heterocycles. The van der Waals surface area contributed by atoms with Gasteiger partial charge in [0, 0.05) is 24.8 Å². The van der Waals surface area contributed by atoms with Gasteiger partial charge in [-0.25, -0.2) is 0 Å². The topological polar surface area (TPSA) is 92.5 Å². The van der Waals surface area contributed by atoms with Crippen LogP contribution < -0.4 is 5.32 Å². The molecular formula is C16H20N2O4. The number of benzene rings is 1. The summed E-state index contributed by atoms with van der Waals surface area (Å²) in [7, 11) is 0. The molecule has 0 radical (unpaired) electrons. The van der Waals surface area contributed by atoms with Gasteiger partial charge in [-0.3, -0.25) is 14.9 Å². The van der Waals surface area contributed by atoms with E-state index in [-0.39, 0.29) is 17.7 Å². The molecule has 6 nitrogen and oxygen atoms in total. The number of rotatable bonds is 5. The Bertz CT molecular complexity index is 554. The van der Waals surface area contributed by atoms with Gasteiger partial charge in [-0.05, 0) is 49.0 Å². The quantitative estimate of drug-likeness (QED) is 0.496. The third-order valence-corrected chi connectivity index (χ3v) is 3.85. The zero-order valence-corrected chi connectivity index (χ0v) is 12.3. The van der Waals surface area contributed by atoms with Gasteiger partial charge in [-0.1, -0.05) is 6.42 Å². The van der Waals surface area contributed by atoms with Gasteiger partial charge in [-0.15, -0.1) is 0 Å². The molecule has 0 spiro atoms. The smallest absolute Gasteiger partial charge is 0.269 e. The zero-order chi connectivity index (χ0) is 15.9. The molecule has 1 aliphatic rings. The third-order valence-electron chi connectivity index (χ3n) is 3.85. The number of non-ortho nitro benzene ring substituents is 1. The summed E-state index contributed by atoms with van der Waals surface area (Å²) < 4.78 is 0. The van der Waals surface area contributed by atoms with Gasteiger partial charge in [0.15, 0.2) is 0 Å². The minimum atomic E-state index is -0.460. The Balaban J connectivity index is 1.79. The van der Waals surface area contributed by atoms with E-state index >= 15 is 0 Å². The van der Waals surface area contributed by atoms with E-state index in [4.69, 9.17) is 0 Å². The molecule has 2 N–H and O–H groups in total. The van der Waals surface area contributed by atoms with Crippen molar-refractivity contribution in [1.82, 2.24) is 5.32 Å². The molecule has 1 saturated carbocycles. The SMILES string of the molecule is O=C(C=Cc1ccc([N+](=O)[O-])cc1)NCC1CCCC(O)C1. The predicted octanol–water partition coefficient (Wildman–Crippen LogP) is 2.28. The highest BCUT2D eigenvalue weighted by Gasteiger charge is 2.20. The minimum Gasteiger partial charge on any atom is -0.393 e. The van der Waals surface area contributed by atoms with Crippen molar-refractivity contribution < 1.29 is 14.8 Å². The van der Waals surface area contributed by atoms with E-state index < -0.39 is 4.92 Å². The summed E-state index contributed by atoms with van der Waals surface area (Å²) >= 11 is 0. The van der Waals surface area contributed by atoms with E-state index in [0.717, 1.165) is 31.2 Å². The first-order chi connectivity index (χ1) is 10.5. The zero-order valence-electron chi connectivity index (χ0n) is 12.3. The van der Waals surface area contributed by atoms with Crippen molar-refractivity contribution in [1.29, 1.82) is 0 Å². The maximum absolute atomic E-state index is 11.7. The average Bonchev–Trinajstić information content (AvgIpc) is 2.51. The van der Waals surface area contributed by atoms with Crippen molar-refractivity contribution in [2.45, 2.75) is 31.8 Å². The summed E-state index contributed by atoms with van der Waals surface area (Å²) in [5.41, 5.74) is 0.756. The van der Waals surface area contributed by atoms with Gasteiger partial charge in [0.2, 0.25) is 5.91 Å². The molecule has 1 fully saturated rings. The maximum atomic E-state index is 11.7. The van der Waals surface area contributed by atoms with E-state index in [1.165, 1.54) is 18.2 Å². The Morgan fingerprint density at radius 3 is 2.73 bits per heavy atom. The second-order valence-electron chi connectivity index (χ2n) is 5.61. The number of carbonyl (C=O) groups is 1. The Labute approximate surface area is 129 Å². The molecule has 2 unspecified atom stereocenters. The van der Waals surface area contributed by atoms with E-state index in [1.54, 1.807) is 18.2 Å². The van der Waals surface area contributed by atoms with Crippen molar-refractivity contribution >= 4 is 17.7 Å². The highest BCUT2D eigenvalue weighted by atomic mass is 16.6.